The number of halogens is 1. The quantitative estimate of drug-likeness (QED) is 0.821. The molecule has 0 saturated heterocycles. The van der Waals surface area contributed by atoms with Gasteiger partial charge in [0.25, 0.3) is 10.0 Å². The fourth-order valence-electron chi connectivity index (χ4n) is 1.88. The van der Waals surface area contributed by atoms with Crippen molar-refractivity contribution < 1.29 is 17.9 Å². The van der Waals surface area contributed by atoms with Crippen LogP contribution in [0.3, 0.4) is 0 Å². The van der Waals surface area contributed by atoms with E-state index in [2.05, 4.69) is 25.4 Å². The molecule has 2 rings (SSSR count). The highest BCUT2D eigenvalue weighted by Crippen LogP contribution is 2.26. The summed E-state index contributed by atoms with van der Waals surface area (Å²) < 4.78 is 32.9. The number of ether oxygens (including phenoxy) is 1. The maximum Gasteiger partial charge on any atom is 0.337 e. The molecule has 1 N–H and O–H groups in total. The number of para-hydroxylation sites is 1. The second kappa shape index (κ2) is 6.50. The average Bonchev–Trinajstić information content (AvgIpc) is 2.49. The maximum atomic E-state index is 12.6. The Bertz CT molecular complexity index is 818. The van der Waals surface area contributed by atoms with Gasteiger partial charge in [-0.05, 0) is 52.7 Å². The molecule has 0 fully saturated rings. The Kier molecular flexibility index (Phi) is 4.87. The van der Waals surface area contributed by atoms with Gasteiger partial charge in [0, 0.05) is 4.47 Å². The molecule has 116 valence electrons. The fraction of sp³-hybridized carbons (Fsp3) is 0.133. The second-order valence-corrected chi connectivity index (χ2v) is 7.06. The summed E-state index contributed by atoms with van der Waals surface area (Å²) in [6.07, 6.45) is 0. The van der Waals surface area contributed by atoms with Crippen LogP contribution in [-0.2, 0) is 14.8 Å². The maximum absolute atomic E-state index is 12.6. The SMILES string of the molecule is COC(=O)c1ccc(C)c(S(=O)(=O)Nc2ccccc2Br)c1. The minimum atomic E-state index is -3.82. The number of anilines is 1. The van der Waals surface area contributed by atoms with Crippen molar-refractivity contribution in [1.29, 1.82) is 0 Å². The lowest BCUT2D eigenvalue weighted by Crippen LogP contribution is -2.15. The number of esters is 1. The third-order valence-corrected chi connectivity index (χ3v) is 5.22. The van der Waals surface area contributed by atoms with Crippen LogP contribution >= 0.6 is 15.9 Å². The Morgan fingerprint density at radius 3 is 2.50 bits per heavy atom. The van der Waals surface area contributed by atoms with Crippen LogP contribution in [0.4, 0.5) is 5.69 Å². The number of hydrogen-bond acceptors (Lipinski definition) is 4. The number of nitrogens with one attached hydrogen (secondary N) is 1. The lowest BCUT2D eigenvalue weighted by molar-refractivity contribution is 0.0600. The van der Waals surface area contributed by atoms with Gasteiger partial charge in [-0.2, -0.15) is 0 Å². The Balaban J connectivity index is 2.45. The van der Waals surface area contributed by atoms with Gasteiger partial charge in [-0.3, -0.25) is 4.72 Å². The Morgan fingerprint density at radius 2 is 1.86 bits per heavy atom. The number of benzene rings is 2. The molecule has 0 aliphatic heterocycles. The van der Waals surface area contributed by atoms with Crippen molar-refractivity contribution in [2.75, 3.05) is 11.8 Å². The molecule has 5 nitrogen and oxygen atoms in total. The number of sulfonamides is 1. The summed E-state index contributed by atoms with van der Waals surface area (Å²) in [6, 6.07) is 11.3. The van der Waals surface area contributed by atoms with Gasteiger partial charge in [-0.15, -0.1) is 0 Å². The molecule has 0 unspecified atom stereocenters. The lowest BCUT2D eigenvalue weighted by atomic mass is 10.1. The molecule has 0 bridgehead atoms. The molecule has 0 aromatic heterocycles. The highest BCUT2D eigenvalue weighted by molar-refractivity contribution is 9.10. The Hall–Kier alpha value is -1.86. The normalized spacial score (nSPS) is 11.0. The smallest absolute Gasteiger partial charge is 0.337 e. The first-order valence-electron chi connectivity index (χ1n) is 6.31. The molecule has 2 aromatic rings. The van der Waals surface area contributed by atoms with Crippen LogP contribution in [0.5, 0.6) is 0 Å². The Morgan fingerprint density at radius 1 is 1.18 bits per heavy atom. The predicted octanol–water partition coefficient (Wildman–Crippen LogP) is 3.34. The average molecular weight is 384 g/mol. The molecule has 0 aliphatic carbocycles. The molecular formula is C15H14BrNO4S. The molecule has 7 heteroatoms. The number of carbonyl (C=O) groups excluding carboxylic acids is 1. The molecule has 0 aliphatic rings. The summed E-state index contributed by atoms with van der Waals surface area (Å²) in [4.78, 5) is 11.6. The number of carbonyl (C=O) groups is 1. The molecule has 0 heterocycles. The zero-order valence-electron chi connectivity index (χ0n) is 12.0. The first kappa shape index (κ1) is 16.5. The topological polar surface area (TPSA) is 72.5 Å². The standard InChI is InChI=1S/C15H14BrNO4S/c1-10-7-8-11(15(18)21-2)9-14(10)22(19,20)17-13-6-4-3-5-12(13)16/h3-9,17H,1-2H3. The van der Waals surface area contributed by atoms with Gasteiger partial charge in [0.1, 0.15) is 0 Å². The third-order valence-electron chi connectivity index (χ3n) is 3.02. The highest BCUT2D eigenvalue weighted by atomic mass is 79.9. The second-order valence-electron chi connectivity index (χ2n) is 4.56. The molecule has 2 aromatic carbocycles. The third kappa shape index (κ3) is 3.48. The number of aryl methyl sites for hydroxylation is 1. The lowest BCUT2D eigenvalue weighted by Gasteiger charge is -2.12. The predicted molar refractivity (Wildman–Crippen MR) is 87.5 cm³/mol. The number of hydrogen-bond donors (Lipinski definition) is 1. The summed E-state index contributed by atoms with van der Waals surface area (Å²) in [6.45, 7) is 1.66. The molecule has 22 heavy (non-hydrogen) atoms. The summed E-state index contributed by atoms with van der Waals surface area (Å²) >= 11 is 3.29. The zero-order valence-corrected chi connectivity index (χ0v) is 14.4. The van der Waals surface area contributed by atoms with Gasteiger partial charge in [0.15, 0.2) is 0 Å². The van der Waals surface area contributed by atoms with Crippen molar-refractivity contribution in [3.63, 3.8) is 0 Å². The van der Waals surface area contributed by atoms with Gasteiger partial charge in [-0.25, -0.2) is 13.2 Å². The van der Waals surface area contributed by atoms with Crippen molar-refractivity contribution in [2.45, 2.75) is 11.8 Å². The molecular weight excluding hydrogens is 370 g/mol. The van der Waals surface area contributed by atoms with Crippen LogP contribution in [0.2, 0.25) is 0 Å². The summed E-state index contributed by atoms with van der Waals surface area (Å²) in [5.74, 6) is -0.586. The van der Waals surface area contributed by atoms with Crippen LogP contribution in [0.15, 0.2) is 51.8 Å². The van der Waals surface area contributed by atoms with Crippen LogP contribution in [-0.4, -0.2) is 21.5 Å². The van der Waals surface area contributed by atoms with E-state index < -0.39 is 16.0 Å². The first-order chi connectivity index (χ1) is 10.3. The summed E-state index contributed by atoms with van der Waals surface area (Å²) in [5.41, 5.74) is 1.14. The van der Waals surface area contributed by atoms with E-state index in [1.807, 2.05) is 0 Å². The molecule has 0 spiro atoms. The van der Waals surface area contributed by atoms with Crippen molar-refractivity contribution >= 4 is 37.6 Å². The van der Waals surface area contributed by atoms with Gasteiger partial charge in [-0.1, -0.05) is 18.2 Å². The monoisotopic (exact) mass is 383 g/mol. The Labute approximate surface area is 137 Å². The van der Waals surface area contributed by atoms with Gasteiger partial charge < -0.3 is 4.74 Å². The van der Waals surface area contributed by atoms with E-state index in [4.69, 9.17) is 0 Å². The summed E-state index contributed by atoms with van der Waals surface area (Å²) in [5, 5.41) is 0. The van der Waals surface area contributed by atoms with Crippen LogP contribution in [0.25, 0.3) is 0 Å². The van der Waals surface area contributed by atoms with Crippen molar-refractivity contribution in [3.8, 4) is 0 Å². The van der Waals surface area contributed by atoms with Crippen LogP contribution < -0.4 is 4.72 Å². The molecule has 0 atom stereocenters. The number of rotatable bonds is 4. The van der Waals surface area contributed by atoms with Gasteiger partial charge in [0.05, 0.1) is 23.3 Å². The van der Waals surface area contributed by atoms with Crippen LogP contribution in [0, 0.1) is 6.92 Å². The molecule has 0 radical (unpaired) electrons. The van der Waals surface area contributed by atoms with E-state index in [-0.39, 0.29) is 10.5 Å². The minimum absolute atomic E-state index is 0.0335. The first-order valence-corrected chi connectivity index (χ1v) is 8.59. The zero-order chi connectivity index (χ0) is 16.3. The number of methoxy groups -OCH3 is 1. The van der Waals surface area contributed by atoms with Gasteiger partial charge >= 0.3 is 5.97 Å². The fourth-order valence-corrected chi connectivity index (χ4v) is 3.74. The highest BCUT2D eigenvalue weighted by Gasteiger charge is 2.20. The van der Waals surface area contributed by atoms with Crippen molar-refractivity contribution in [1.82, 2.24) is 0 Å². The van der Waals surface area contributed by atoms with E-state index >= 15 is 0 Å². The van der Waals surface area contributed by atoms with Gasteiger partial charge in [0.2, 0.25) is 0 Å². The van der Waals surface area contributed by atoms with Crippen molar-refractivity contribution in [2.24, 2.45) is 0 Å². The van der Waals surface area contributed by atoms with E-state index in [0.717, 1.165) is 0 Å². The van der Waals surface area contributed by atoms with E-state index in [9.17, 15) is 13.2 Å². The molecule has 0 saturated carbocycles. The van der Waals surface area contributed by atoms with E-state index in [1.165, 1.54) is 19.2 Å². The summed E-state index contributed by atoms with van der Waals surface area (Å²) in [7, 11) is -2.57. The van der Waals surface area contributed by atoms with E-state index in [1.54, 1.807) is 37.3 Å². The van der Waals surface area contributed by atoms with Crippen LogP contribution in [0.1, 0.15) is 15.9 Å². The van der Waals surface area contributed by atoms with E-state index in [0.29, 0.717) is 15.7 Å². The minimum Gasteiger partial charge on any atom is -0.465 e. The largest absolute Gasteiger partial charge is 0.465 e. The van der Waals surface area contributed by atoms with Crippen molar-refractivity contribution in [3.05, 3.63) is 58.1 Å². The molecule has 0 amide bonds.